The molecular formula is C32H32N6O5. The minimum Gasteiger partial charge on any atom is -0.394 e. The zero-order valence-corrected chi connectivity index (χ0v) is 23.6. The predicted molar refractivity (Wildman–Crippen MR) is 156 cm³/mol. The fourth-order valence-corrected chi connectivity index (χ4v) is 7.45. The number of aromatic nitrogens is 3. The molecule has 6 atom stereocenters. The number of nitrogens with one attached hydrogen (secondary N) is 2. The zero-order chi connectivity index (χ0) is 29.8. The Morgan fingerprint density at radius 2 is 1.70 bits per heavy atom. The quantitative estimate of drug-likeness (QED) is 0.291. The van der Waals surface area contributed by atoms with E-state index >= 15 is 0 Å². The number of nitrogens with zero attached hydrogens (tertiary/aromatic N) is 4. The second-order valence-electron chi connectivity index (χ2n) is 11.7. The van der Waals surface area contributed by atoms with E-state index in [-0.39, 0.29) is 18.5 Å². The van der Waals surface area contributed by atoms with Gasteiger partial charge in [0, 0.05) is 5.69 Å². The molecule has 4 aromatic rings. The lowest BCUT2D eigenvalue weighted by Crippen LogP contribution is -2.56. The topological polar surface area (TPSA) is 139 Å². The van der Waals surface area contributed by atoms with E-state index in [1.807, 2.05) is 79.7 Å². The molecule has 1 spiro atoms. The number of rotatable bonds is 8. The molecule has 3 N–H and O–H groups in total. The average Bonchev–Trinajstić information content (AvgIpc) is 3.73. The number of anilines is 1. The van der Waals surface area contributed by atoms with Gasteiger partial charge in [-0.1, -0.05) is 65.9 Å². The van der Waals surface area contributed by atoms with E-state index in [4.69, 9.17) is 4.74 Å². The second-order valence-corrected chi connectivity index (χ2v) is 11.7. The van der Waals surface area contributed by atoms with Gasteiger partial charge < -0.3 is 25.4 Å². The third kappa shape index (κ3) is 4.22. The number of fused-ring (bicyclic) bond motifs is 2. The molecule has 0 saturated carbocycles. The first-order valence-corrected chi connectivity index (χ1v) is 14.5. The van der Waals surface area contributed by atoms with Crippen molar-refractivity contribution in [1.29, 1.82) is 0 Å². The van der Waals surface area contributed by atoms with Crippen molar-refractivity contribution in [2.24, 2.45) is 11.8 Å². The lowest BCUT2D eigenvalue weighted by atomic mass is 9.66. The number of likely N-dealkylation sites (tertiary alicyclic amines) is 1. The highest BCUT2D eigenvalue weighted by atomic mass is 16.5. The number of aliphatic hydroxyl groups is 1. The molecule has 220 valence electrons. The molecule has 43 heavy (non-hydrogen) atoms. The zero-order valence-electron chi connectivity index (χ0n) is 23.6. The van der Waals surface area contributed by atoms with Crippen LogP contribution in [0.15, 0.2) is 84.9 Å². The highest BCUT2D eigenvalue weighted by Gasteiger charge is 2.78. The molecule has 11 heteroatoms. The smallest absolute Gasteiger partial charge is 0.247 e. The summed E-state index contributed by atoms with van der Waals surface area (Å²) in [4.78, 5) is 44.1. The molecule has 2 unspecified atom stereocenters. The molecule has 3 amide bonds. The van der Waals surface area contributed by atoms with Gasteiger partial charge in [-0.15, -0.1) is 5.10 Å². The SMILES string of the molecule is C[C@@]12CCC3(O1)C(C(=O)NCn1nnc4ccccc41)N([C@H](CO)c1ccccc1)C(=O)[C@@H]3[C@@H]2C(=O)Nc1ccccc1. The Kier molecular flexibility index (Phi) is 6.51. The highest BCUT2D eigenvalue weighted by Crippen LogP contribution is 2.64. The second kappa shape index (κ2) is 10.3. The maximum atomic E-state index is 14.5. The van der Waals surface area contributed by atoms with Gasteiger partial charge in [0.15, 0.2) is 0 Å². The summed E-state index contributed by atoms with van der Waals surface area (Å²) in [5.41, 5.74) is 0.548. The number of carbonyl (C=O) groups excluding carboxylic acids is 3. The number of benzene rings is 3. The van der Waals surface area contributed by atoms with Crippen molar-refractivity contribution in [3.63, 3.8) is 0 Å². The summed E-state index contributed by atoms with van der Waals surface area (Å²) >= 11 is 0. The van der Waals surface area contributed by atoms with Crippen molar-refractivity contribution in [3.8, 4) is 0 Å². The van der Waals surface area contributed by atoms with Crippen molar-refractivity contribution < 1.29 is 24.2 Å². The monoisotopic (exact) mass is 580 g/mol. The number of carbonyl (C=O) groups is 3. The Bertz CT molecular complexity index is 1700. The van der Waals surface area contributed by atoms with Gasteiger partial charge >= 0.3 is 0 Å². The Hall–Kier alpha value is -4.61. The standard InChI is InChI=1S/C32H32N6O5/c1-31-16-17-32(43-31)26(25(31)28(40)34-21-12-6-3-7-13-21)30(42)38(24(18-39)20-10-4-2-5-11-20)27(32)29(41)33-19-37-23-15-9-8-14-22(23)35-36-37/h2-15,24-27,39H,16-19H2,1H3,(H,33,41)(H,34,40)/t24-,25-,26+,27?,31+,32?/m1/s1. The number of para-hydroxylation sites is 2. The van der Waals surface area contributed by atoms with Crippen molar-refractivity contribution in [2.75, 3.05) is 11.9 Å². The summed E-state index contributed by atoms with van der Waals surface area (Å²) in [6.45, 7) is 1.46. The van der Waals surface area contributed by atoms with Gasteiger partial charge in [0.1, 0.15) is 23.8 Å². The van der Waals surface area contributed by atoms with E-state index in [9.17, 15) is 19.5 Å². The Morgan fingerprint density at radius 1 is 1.00 bits per heavy atom. The van der Waals surface area contributed by atoms with Gasteiger partial charge in [0.05, 0.1) is 35.6 Å². The minimum atomic E-state index is -1.25. The number of amides is 3. The van der Waals surface area contributed by atoms with Gasteiger partial charge in [-0.3, -0.25) is 14.4 Å². The first kappa shape index (κ1) is 27.2. The molecule has 0 aliphatic carbocycles. The first-order chi connectivity index (χ1) is 20.9. The largest absolute Gasteiger partial charge is 0.394 e. The molecule has 3 aliphatic heterocycles. The summed E-state index contributed by atoms with van der Waals surface area (Å²) in [7, 11) is 0. The summed E-state index contributed by atoms with van der Waals surface area (Å²) in [6.07, 6.45) is 0.924. The van der Waals surface area contributed by atoms with Crippen LogP contribution >= 0.6 is 0 Å². The van der Waals surface area contributed by atoms with Crippen LogP contribution < -0.4 is 10.6 Å². The van der Waals surface area contributed by atoms with Crippen LogP contribution in [0.3, 0.4) is 0 Å². The fourth-order valence-electron chi connectivity index (χ4n) is 7.45. The third-order valence-electron chi connectivity index (χ3n) is 9.30. The molecule has 4 heterocycles. The maximum absolute atomic E-state index is 14.5. The lowest BCUT2D eigenvalue weighted by molar-refractivity contribution is -0.149. The van der Waals surface area contributed by atoms with Gasteiger partial charge in [-0.25, -0.2) is 4.68 Å². The van der Waals surface area contributed by atoms with Crippen molar-refractivity contribution >= 4 is 34.4 Å². The Morgan fingerprint density at radius 3 is 2.44 bits per heavy atom. The average molecular weight is 581 g/mol. The van der Waals surface area contributed by atoms with Crippen molar-refractivity contribution in [2.45, 2.75) is 49.7 Å². The molecule has 3 aromatic carbocycles. The Balaban J connectivity index is 1.26. The van der Waals surface area contributed by atoms with Crippen LogP contribution in [0.25, 0.3) is 11.0 Å². The summed E-state index contributed by atoms with van der Waals surface area (Å²) in [5, 5.41) is 24.9. The van der Waals surface area contributed by atoms with Crippen molar-refractivity contribution in [3.05, 3.63) is 90.5 Å². The van der Waals surface area contributed by atoms with E-state index in [0.29, 0.717) is 29.6 Å². The lowest BCUT2D eigenvalue weighted by Gasteiger charge is -2.37. The molecule has 3 saturated heterocycles. The van der Waals surface area contributed by atoms with E-state index in [1.54, 1.807) is 16.8 Å². The molecule has 2 bridgehead atoms. The van der Waals surface area contributed by atoms with Gasteiger partial charge in [0.25, 0.3) is 0 Å². The van der Waals surface area contributed by atoms with E-state index in [1.165, 1.54) is 4.90 Å². The van der Waals surface area contributed by atoms with Gasteiger partial charge in [-0.05, 0) is 49.6 Å². The molecule has 3 aliphatic rings. The first-order valence-electron chi connectivity index (χ1n) is 14.5. The van der Waals surface area contributed by atoms with Crippen LogP contribution in [0.4, 0.5) is 5.69 Å². The van der Waals surface area contributed by atoms with Gasteiger partial charge in [0.2, 0.25) is 17.7 Å². The van der Waals surface area contributed by atoms with Crippen LogP contribution in [0.2, 0.25) is 0 Å². The van der Waals surface area contributed by atoms with Gasteiger partial charge in [-0.2, -0.15) is 0 Å². The van der Waals surface area contributed by atoms with E-state index in [2.05, 4.69) is 20.9 Å². The molecule has 3 fully saturated rings. The molecule has 11 nitrogen and oxygen atoms in total. The van der Waals surface area contributed by atoms with Crippen molar-refractivity contribution in [1.82, 2.24) is 25.2 Å². The molecular weight excluding hydrogens is 548 g/mol. The van der Waals surface area contributed by atoms with Crippen LogP contribution in [-0.4, -0.2) is 66.6 Å². The van der Waals surface area contributed by atoms with Crippen LogP contribution in [0.1, 0.15) is 31.4 Å². The van der Waals surface area contributed by atoms with E-state index in [0.717, 1.165) is 5.52 Å². The normalized spacial score (nSPS) is 28.2. The number of ether oxygens (including phenoxy) is 1. The maximum Gasteiger partial charge on any atom is 0.247 e. The number of hydrogen-bond acceptors (Lipinski definition) is 7. The third-order valence-corrected chi connectivity index (χ3v) is 9.30. The summed E-state index contributed by atoms with van der Waals surface area (Å²) < 4.78 is 8.29. The minimum absolute atomic E-state index is 0.0168. The summed E-state index contributed by atoms with van der Waals surface area (Å²) in [6, 6.07) is 23.7. The molecule has 7 rings (SSSR count). The Labute approximate surface area is 247 Å². The predicted octanol–water partition coefficient (Wildman–Crippen LogP) is 2.64. The molecule has 0 radical (unpaired) electrons. The van der Waals surface area contributed by atoms with E-state index < -0.39 is 47.6 Å². The van der Waals surface area contributed by atoms with Crippen LogP contribution in [0, 0.1) is 11.8 Å². The number of aliphatic hydroxyl groups excluding tert-OH is 1. The summed E-state index contributed by atoms with van der Waals surface area (Å²) in [5.74, 6) is -2.90. The highest BCUT2D eigenvalue weighted by molar-refractivity contribution is 6.02. The van der Waals surface area contributed by atoms with Crippen LogP contribution in [0.5, 0.6) is 0 Å². The fraction of sp³-hybridized carbons (Fsp3) is 0.344. The van der Waals surface area contributed by atoms with Crippen LogP contribution in [-0.2, 0) is 25.8 Å². The molecule has 1 aromatic heterocycles. The number of hydrogen-bond donors (Lipinski definition) is 3.